The van der Waals surface area contributed by atoms with Crippen LogP contribution in [-0.2, 0) is 0 Å². The quantitative estimate of drug-likeness (QED) is 0.565. The molecule has 0 spiro atoms. The lowest BCUT2D eigenvalue weighted by Crippen LogP contribution is -2.14. The Balaban J connectivity index is 2.25. The molecule has 25 heavy (non-hydrogen) atoms. The highest BCUT2D eigenvalue weighted by molar-refractivity contribution is 5.97. The van der Waals surface area contributed by atoms with Crippen molar-refractivity contribution in [2.75, 3.05) is 13.2 Å². The number of rotatable bonds is 8. The highest BCUT2D eigenvalue weighted by atomic mass is 16.5. The van der Waals surface area contributed by atoms with Crippen LogP contribution in [0.1, 0.15) is 68.3 Å². The molecule has 4 heteroatoms. The van der Waals surface area contributed by atoms with Gasteiger partial charge in [-0.25, -0.2) is 0 Å². The Bertz CT molecular complexity index is 643. The first-order valence-electron chi connectivity index (χ1n) is 9.18. The molecule has 1 aliphatic carbocycles. The minimum atomic E-state index is -0.0351. The predicted octanol–water partition coefficient (Wildman–Crippen LogP) is 4.32. The molecule has 2 rings (SSSR count). The van der Waals surface area contributed by atoms with Gasteiger partial charge in [0.15, 0.2) is 5.78 Å². The molecule has 1 atom stereocenters. The van der Waals surface area contributed by atoms with Crippen molar-refractivity contribution in [3.05, 3.63) is 41.0 Å². The Hall–Kier alpha value is -1.94. The van der Waals surface area contributed by atoms with Gasteiger partial charge in [0, 0.05) is 18.7 Å². The summed E-state index contributed by atoms with van der Waals surface area (Å²) in [4.78, 5) is 16.3. The standard InChI is InChI=1S/C21H29NO3/c1-4-22-12-11-18(14-23)15(2)17-9-10-21(20(13-17)16(3)24)25-19-7-5-6-8-19/h9-13,15,19,23H,4-8,14H2,1-3H3/b18-11-,22-12?. The number of ether oxygens (including phenoxy) is 1. The van der Waals surface area contributed by atoms with Gasteiger partial charge in [-0.05, 0) is 68.9 Å². The number of hydrogen-bond donors (Lipinski definition) is 1. The summed E-state index contributed by atoms with van der Waals surface area (Å²) in [5, 5.41) is 9.66. The Morgan fingerprint density at radius 3 is 2.72 bits per heavy atom. The third-order valence-corrected chi connectivity index (χ3v) is 4.79. The van der Waals surface area contributed by atoms with Gasteiger partial charge >= 0.3 is 0 Å². The maximum Gasteiger partial charge on any atom is 0.163 e. The second-order valence-corrected chi connectivity index (χ2v) is 6.61. The van der Waals surface area contributed by atoms with Crippen molar-refractivity contribution < 1.29 is 14.6 Å². The summed E-state index contributed by atoms with van der Waals surface area (Å²) >= 11 is 0. The van der Waals surface area contributed by atoms with Crippen LogP contribution in [0, 0.1) is 0 Å². The van der Waals surface area contributed by atoms with Gasteiger partial charge in [0.25, 0.3) is 0 Å². The number of benzene rings is 1. The third kappa shape index (κ3) is 5.27. The molecule has 0 radical (unpaired) electrons. The summed E-state index contributed by atoms with van der Waals surface area (Å²) in [6.07, 6.45) is 8.31. The minimum absolute atomic E-state index is 0.00382. The Labute approximate surface area is 150 Å². The van der Waals surface area contributed by atoms with Crippen LogP contribution in [-0.4, -0.2) is 36.4 Å². The molecule has 0 aliphatic heterocycles. The van der Waals surface area contributed by atoms with Crippen LogP contribution in [0.25, 0.3) is 0 Å². The summed E-state index contributed by atoms with van der Waals surface area (Å²) in [6.45, 7) is 6.24. The van der Waals surface area contributed by atoms with Crippen molar-refractivity contribution in [2.24, 2.45) is 4.99 Å². The second kappa shape index (κ2) is 9.52. The molecular formula is C21H29NO3. The lowest BCUT2D eigenvalue weighted by Gasteiger charge is -2.19. The van der Waals surface area contributed by atoms with Crippen LogP contribution in [0.2, 0.25) is 0 Å². The van der Waals surface area contributed by atoms with Crippen LogP contribution in [0.4, 0.5) is 0 Å². The van der Waals surface area contributed by atoms with Gasteiger partial charge in [-0.2, -0.15) is 0 Å². The van der Waals surface area contributed by atoms with E-state index < -0.39 is 0 Å². The average Bonchev–Trinajstić information content (AvgIpc) is 3.11. The van der Waals surface area contributed by atoms with Gasteiger partial charge in [-0.15, -0.1) is 0 Å². The first-order chi connectivity index (χ1) is 12.1. The van der Waals surface area contributed by atoms with E-state index in [0.29, 0.717) is 17.9 Å². The van der Waals surface area contributed by atoms with E-state index in [1.165, 1.54) is 12.8 Å². The average molecular weight is 343 g/mol. The highest BCUT2D eigenvalue weighted by Gasteiger charge is 2.20. The van der Waals surface area contributed by atoms with Crippen LogP contribution >= 0.6 is 0 Å². The van der Waals surface area contributed by atoms with Crippen LogP contribution < -0.4 is 4.74 Å². The number of carbonyl (C=O) groups excluding carboxylic acids is 1. The molecule has 1 N–H and O–H groups in total. The summed E-state index contributed by atoms with van der Waals surface area (Å²) < 4.78 is 6.06. The van der Waals surface area contributed by atoms with Crippen molar-refractivity contribution in [3.8, 4) is 5.75 Å². The normalized spacial score (nSPS) is 17.2. The SMILES string of the molecule is CCN=C/C=C(/CO)C(C)c1ccc(OC2CCCC2)c(C(C)=O)c1. The number of aliphatic hydroxyl groups excluding tert-OH is 1. The molecular weight excluding hydrogens is 314 g/mol. The van der Waals surface area contributed by atoms with Crippen molar-refractivity contribution in [1.29, 1.82) is 0 Å². The largest absolute Gasteiger partial charge is 0.490 e. The smallest absolute Gasteiger partial charge is 0.163 e. The molecule has 1 fully saturated rings. The molecule has 0 bridgehead atoms. The fourth-order valence-corrected chi connectivity index (χ4v) is 3.18. The number of allylic oxidation sites excluding steroid dienone is 1. The van der Waals surface area contributed by atoms with E-state index in [1.807, 2.05) is 38.1 Å². The van der Waals surface area contributed by atoms with Gasteiger partial charge in [-0.1, -0.05) is 13.0 Å². The molecule has 1 aromatic rings. The summed E-state index contributed by atoms with van der Waals surface area (Å²) in [7, 11) is 0. The molecule has 0 saturated heterocycles. The minimum Gasteiger partial charge on any atom is -0.490 e. The third-order valence-electron chi connectivity index (χ3n) is 4.79. The number of hydrogen-bond acceptors (Lipinski definition) is 4. The van der Waals surface area contributed by atoms with Crippen molar-refractivity contribution >= 4 is 12.0 Å². The summed E-state index contributed by atoms with van der Waals surface area (Å²) in [5.41, 5.74) is 2.49. The maximum atomic E-state index is 12.1. The first kappa shape index (κ1) is 19.4. The molecule has 0 aromatic heterocycles. The van der Waals surface area contributed by atoms with Crippen molar-refractivity contribution in [3.63, 3.8) is 0 Å². The van der Waals surface area contributed by atoms with Crippen LogP contribution in [0.15, 0.2) is 34.8 Å². The number of Topliss-reactive ketones (excluding diaryl/α,β-unsaturated/α-hetero) is 1. The zero-order chi connectivity index (χ0) is 18.2. The van der Waals surface area contributed by atoms with Gasteiger partial charge in [0.05, 0.1) is 18.3 Å². The van der Waals surface area contributed by atoms with Crippen molar-refractivity contribution in [1.82, 2.24) is 0 Å². The maximum absolute atomic E-state index is 12.1. The topological polar surface area (TPSA) is 58.9 Å². The zero-order valence-corrected chi connectivity index (χ0v) is 15.5. The van der Waals surface area contributed by atoms with Crippen molar-refractivity contribution in [2.45, 2.75) is 58.5 Å². The molecule has 4 nitrogen and oxygen atoms in total. The molecule has 1 aliphatic rings. The number of carbonyl (C=O) groups is 1. The molecule has 0 amide bonds. The number of ketones is 1. The fraction of sp³-hybridized carbons (Fsp3) is 0.524. The van der Waals surface area contributed by atoms with Gasteiger partial charge in [0.2, 0.25) is 0 Å². The summed E-state index contributed by atoms with van der Waals surface area (Å²) in [6, 6.07) is 5.79. The van der Waals surface area contributed by atoms with Gasteiger partial charge in [-0.3, -0.25) is 9.79 Å². The Kier molecular flexibility index (Phi) is 7.38. The fourth-order valence-electron chi connectivity index (χ4n) is 3.18. The van der Waals surface area contributed by atoms with E-state index >= 15 is 0 Å². The van der Waals surface area contributed by atoms with Gasteiger partial charge in [0.1, 0.15) is 5.75 Å². The number of nitrogens with zero attached hydrogens (tertiary/aromatic N) is 1. The molecule has 1 aromatic carbocycles. The van der Waals surface area contributed by atoms with E-state index in [0.717, 1.165) is 24.0 Å². The Morgan fingerprint density at radius 2 is 2.12 bits per heavy atom. The molecule has 0 heterocycles. The van der Waals surface area contributed by atoms with E-state index in [2.05, 4.69) is 4.99 Å². The lowest BCUT2D eigenvalue weighted by molar-refractivity contribution is 0.101. The lowest BCUT2D eigenvalue weighted by atomic mass is 9.91. The van der Waals surface area contributed by atoms with Crippen LogP contribution in [0.3, 0.4) is 0 Å². The molecule has 1 unspecified atom stereocenters. The predicted molar refractivity (Wildman–Crippen MR) is 102 cm³/mol. The second-order valence-electron chi connectivity index (χ2n) is 6.61. The monoisotopic (exact) mass is 343 g/mol. The van der Waals surface area contributed by atoms with E-state index in [-0.39, 0.29) is 24.4 Å². The zero-order valence-electron chi connectivity index (χ0n) is 15.5. The van der Waals surface area contributed by atoms with E-state index in [9.17, 15) is 9.90 Å². The number of aliphatic imine (C=N–C) groups is 1. The van der Waals surface area contributed by atoms with E-state index in [1.54, 1.807) is 13.1 Å². The molecule has 1 saturated carbocycles. The van der Waals surface area contributed by atoms with E-state index in [4.69, 9.17) is 4.74 Å². The molecule has 136 valence electrons. The number of aliphatic hydroxyl groups is 1. The summed E-state index contributed by atoms with van der Waals surface area (Å²) in [5.74, 6) is 0.688. The first-order valence-corrected chi connectivity index (χ1v) is 9.18. The van der Waals surface area contributed by atoms with Crippen LogP contribution in [0.5, 0.6) is 5.75 Å². The van der Waals surface area contributed by atoms with Gasteiger partial charge < -0.3 is 9.84 Å². The Morgan fingerprint density at radius 1 is 1.40 bits per heavy atom. The highest BCUT2D eigenvalue weighted by Crippen LogP contribution is 2.31.